The molecule has 0 radical (unpaired) electrons. The number of benzene rings is 1. The molecule has 0 aliphatic rings. The van der Waals surface area contributed by atoms with Gasteiger partial charge in [0.15, 0.2) is 0 Å². The molecule has 0 aromatic heterocycles. The molecular formula is C13H20ClNO. The number of methoxy groups -OCH3 is 1. The van der Waals surface area contributed by atoms with E-state index in [1.54, 1.807) is 7.11 Å². The number of hydrogen-bond acceptors (Lipinski definition) is 2. The van der Waals surface area contributed by atoms with Crippen LogP contribution in [0.15, 0.2) is 18.2 Å². The minimum absolute atomic E-state index is 0.688. The highest BCUT2D eigenvalue weighted by Crippen LogP contribution is 2.25. The first-order valence-corrected chi connectivity index (χ1v) is 6.08. The average Bonchev–Trinajstić information content (AvgIpc) is 2.30. The zero-order valence-corrected chi connectivity index (χ0v) is 11.0. The van der Waals surface area contributed by atoms with E-state index in [0.29, 0.717) is 5.92 Å². The van der Waals surface area contributed by atoms with Crippen LogP contribution in [0.25, 0.3) is 0 Å². The molecule has 16 heavy (non-hydrogen) atoms. The maximum Gasteiger partial charge on any atom is 0.124 e. The highest BCUT2D eigenvalue weighted by atomic mass is 35.5. The van der Waals surface area contributed by atoms with Crippen LogP contribution in [0.1, 0.15) is 25.8 Å². The maximum absolute atomic E-state index is 6.14. The summed E-state index contributed by atoms with van der Waals surface area (Å²) in [5.74, 6) is 1.54. The fourth-order valence-corrected chi connectivity index (χ4v) is 1.72. The third kappa shape index (κ3) is 3.69. The highest BCUT2D eigenvalue weighted by molar-refractivity contribution is 6.31. The Balaban J connectivity index is 2.59. The van der Waals surface area contributed by atoms with Crippen molar-refractivity contribution in [3.05, 3.63) is 28.8 Å². The Kier molecular flexibility index (Phi) is 5.64. The molecule has 1 atom stereocenters. The Morgan fingerprint density at radius 2 is 2.19 bits per heavy atom. The molecule has 1 aromatic carbocycles. The summed E-state index contributed by atoms with van der Waals surface area (Å²) in [6, 6.07) is 5.73. The molecule has 0 aliphatic carbocycles. The summed E-state index contributed by atoms with van der Waals surface area (Å²) >= 11 is 6.14. The van der Waals surface area contributed by atoms with Gasteiger partial charge in [-0.3, -0.25) is 0 Å². The number of nitrogens with one attached hydrogen (secondary N) is 1. The summed E-state index contributed by atoms with van der Waals surface area (Å²) in [4.78, 5) is 0. The minimum atomic E-state index is 0.688. The molecule has 1 N–H and O–H groups in total. The Morgan fingerprint density at radius 1 is 1.44 bits per heavy atom. The number of hydrogen-bond donors (Lipinski definition) is 1. The van der Waals surface area contributed by atoms with Gasteiger partial charge < -0.3 is 10.1 Å². The molecule has 0 fully saturated rings. The SMILES string of the molecule is CCC(C)CNCc1c(Cl)cccc1OC. The Labute approximate surface area is 103 Å². The quantitative estimate of drug-likeness (QED) is 0.823. The molecule has 1 rings (SSSR count). The summed E-state index contributed by atoms with van der Waals surface area (Å²) in [5, 5.41) is 4.16. The highest BCUT2D eigenvalue weighted by Gasteiger charge is 2.07. The Bertz CT molecular complexity index is 328. The zero-order valence-electron chi connectivity index (χ0n) is 10.2. The van der Waals surface area contributed by atoms with Crippen molar-refractivity contribution < 1.29 is 4.74 Å². The van der Waals surface area contributed by atoms with E-state index in [4.69, 9.17) is 16.3 Å². The van der Waals surface area contributed by atoms with Crippen LogP contribution < -0.4 is 10.1 Å². The molecule has 90 valence electrons. The van der Waals surface area contributed by atoms with Gasteiger partial charge in [-0.1, -0.05) is 37.9 Å². The van der Waals surface area contributed by atoms with Gasteiger partial charge in [0, 0.05) is 17.1 Å². The molecule has 0 amide bonds. The fraction of sp³-hybridized carbons (Fsp3) is 0.538. The van der Waals surface area contributed by atoms with E-state index < -0.39 is 0 Å². The van der Waals surface area contributed by atoms with Crippen LogP contribution in [0, 0.1) is 5.92 Å². The van der Waals surface area contributed by atoms with Gasteiger partial charge in [0.2, 0.25) is 0 Å². The normalized spacial score (nSPS) is 12.5. The predicted molar refractivity (Wildman–Crippen MR) is 69.2 cm³/mol. The molecule has 2 nitrogen and oxygen atoms in total. The summed E-state index contributed by atoms with van der Waals surface area (Å²) < 4.78 is 5.29. The van der Waals surface area contributed by atoms with Crippen molar-refractivity contribution >= 4 is 11.6 Å². The third-order valence-electron chi connectivity index (χ3n) is 2.79. The van der Waals surface area contributed by atoms with E-state index in [-0.39, 0.29) is 0 Å². The summed E-state index contributed by atoms with van der Waals surface area (Å²) in [7, 11) is 1.67. The van der Waals surface area contributed by atoms with E-state index in [0.717, 1.165) is 29.4 Å². The fourth-order valence-electron chi connectivity index (χ4n) is 1.49. The maximum atomic E-state index is 6.14. The number of rotatable bonds is 6. The van der Waals surface area contributed by atoms with Crippen molar-refractivity contribution in [1.29, 1.82) is 0 Å². The molecule has 0 heterocycles. The van der Waals surface area contributed by atoms with Gasteiger partial charge in [-0.15, -0.1) is 0 Å². The zero-order chi connectivity index (χ0) is 12.0. The Morgan fingerprint density at radius 3 is 2.81 bits per heavy atom. The second-order valence-corrected chi connectivity index (χ2v) is 4.47. The first-order chi connectivity index (χ1) is 7.69. The van der Waals surface area contributed by atoms with Gasteiger partial charge in [0.05, 0.1) is 7.11 Å². The molecular weight excluding hydrogens is 222 g/mol. The lowest BCUT2D eigenvalue weighted by Gasteiger charge is -2.13. The number of ether oxygens (including phenoxy) is 1. The van der Waals surface area contributed by atoms with E-state index >= 15 is 0 Å². The minimum Gasteiger partial charge on any atom is -0.496 e. The topological polar surface area (TPSA) is 21.3 Å². The standard InChI is InChI=1S/C13H20ClNO/c1-4-10(2)8-15-9-11-12(14)6-5-7-13(11)16-3/h5-7,10,15H,4,8-9H2,1-3H3. The van der Waals surface area contributed by atoms with Gasteiger partial charge >= 0.3 is 0 Å². The van der Waals surface area contributed by atoms with Crippen molar-refractivity contribution in [3.63, 3.8) is 0 Å². The van der Waals surface area contributed by atoms with Gasteiger partial charge in [0.1, 0.15) is 5.75 Å². The summed E-state index contributed by atoms with van der Waals surface area (Å²) in [6.45, 7) is 6.19. The smallest absolute Gasteiger partial charge is 0.124 e. The van der Waals surface area contributed by atoms with Crippen LogP contribution in [-0.4, -0.2) is 13.7 Å². The van der Waals surface area contributed by atoms with Gasteiger partial charge in [-0.2, -0.15) is 0 Å². The predicted octanol–water partition coefficient (Wildman–Crippen LogP) is 3.48. The van der Waals surface area contributed by atoms with Crippen LogP contribution >= 0.6 is 11.6 Å². The van der Waals surface area contributed by atoms with E-state index in [1.165, 1.54) is 6.42 Å². The Hall–Kier alpha value is -0.730. The lowest BCUT2D eigenvalue weighted by Crippen LogP contribution is -2.20. The lowest BCUT2D eigenvalue weighted by molar-refractivity contribution is 0.406. The lowest BCUT2D eigenvalue weighted by atomic mass is 10.1. The van der Waals surface area contributed by atoms with E-state index in [9.17, 15) is 0 Å². The van der Waals surface area contributed by atoms with E-state index in [2.05, 4.69) is 19.2 Å². The molecule has 0 saturated carbocycles. The van der Waals surface area contributed by atoms with Crippen LogP contribution in [0.4, 0.5) is 0 Å². The van der Waals surface area contributed by atoms with Crippen molar-refractivity contribution in [3.8, 4) is 5.75 Å². The van der Waals surface area contributed by atoms with Crippen LogP contribution in [0.2, 0.25) is 5.02 Å². The van der Waals surface area contributed by atoms with Gasteiger partial charge in [-0.05, 0) is 24.6 Å². The molecule has 1 aromatic rings. The van der Waals surface area contributed by atoms with Crippen molar-refractivity contribution in [2.24, 2.45) is 5.92 Å². The van der Waals surface area contributed by atoms with Crippen LogP contribution in [0.5, 0.6) is 5.75 Å². The molecule has 1 unspecified atom stereocenters. The van der Waals surface area contributed by atoms with Crippen molar-refractivity contribution in [2.45, 2.75) is 26.8 Å². The molecule has 0 bridgehead atoms. The first kappa shape index (κ1) is 13.3. The molecule has 0 saturated heterocycles. The van der Waals surface area contributed by atoms with Crippen molar-refractivity contribution in [2.75, 3.05) is 13.7 Å². The largest absolute Gasteiger partial charge is 0.496 e. The number of halogens is 1. The third-order valence-corrected chi connectivity index (χ3v) is 3.14. The summed E-state index contributed by atoms with van der Waals surface area (Å²) in [5.41, 5.74) is 1.04. The molecule has 3 heteroatoms. The second kappa shape index (κ2) is 6.77. The molecule has 0 aliphatic heterocycles. The van der Waals surface area contributed by atoms with Gasteiger partial charge in [0.25, 0.3) is 0 Å². The van der Waals surface area contributed by atoms with Gasteiger partial charge in [-0.25, -0.2) is 0 Å². The second-order valence-electron chi connectivity index (χ2n) is 4.06. The monoisotopic (exact) mass is 241 g/mol. The molecule has 0 spiro atoms. The van der Waals surface area contributed by atoms with Crippen LogP contribution in [-0.2, 0) is 6.54 Å². The van der Waals surface area contributed by atoms with E-state index in [1.807, 2.05) is 18.2 Å². The summed E-state index contributed by atoms with van der Waals surface area (Å²) in [6.07, 6.45) is 1.19. The first-order valence-electron chi connectivity index (χ1n) is 5.71. The average molecular weight is 242 g/mol. The van der Waals surface area contributed by atoms with Crippen molar-refractivity contribution in [1.82, 2.24) is 5.32 Å². The van der Waals surface area contributed by atoms with Crippen LogP contribution in [0.3, 0.4) is 0 Å².